The predicted molar refractivity (Wildman–Crippen MR) is 120 cm³/mol. The number of rotatable bonds is 6. The van der Waals surface area contributed by atoms with Crippen LogP contribution in [-0.2, 0) is 17.8 Å². The van der Waals surface area contributed by atoms with E-state index < -0.39 is 5.25 Å². The molecule has 1 aliphatic heterocycles. The van der Waals surface area contributed by atoms with Gasteiger partial charge in [0.2, 0.25) is 5.91 Å². The number of aliphatic hydroxyl groups is 1. The normalized spacial score (nSPS) is 16.6. The number of nitrogens with zero attached hydrogens (tertiary/aromatic N) is 3. The summed E-state index contributed by atoms with van der Waals surface area (Å²) >= 11 is 1.30. The number of carbonyl (C=O) groups is 1. The Morgan fingerprint density at radius 3 is 2.77 bits per heavy atom. The zero-order chi connectivity index (χ0) is 21.3. The number of anilines is 1. The Labute approximate surface area is 179 Å². The molecule has 0 unspecified atom stereocenters. The smallest absolute Gasteiger partial charge is 0.262 e. The van der Waals surface area contributed by atoms with E-state index >= 15 is 0 Å². The Bertz CT molecular complexity index is 1140. The van der Waals surface area contributed by atoms with E-state index in [4.69, 9.17) is 0 Å². The number of aromatic nitrogens is 2. The molecule has 6 nitrogen and oxygen atoms in total. The van der Waals surface area contributed by atoms with Crippen molar-refractivity contribution in [1.82, 2.24) is 9.55 Å². The molecule has 1 N–H and O–H groups in total. The van der Waals surface area contributed by atoms with Crippen LogP contribution in [0, 0.1) is 0 Å². The maximum absolute atomic E-state index is 13.3. The van der Waals surface area contributed by atoms with Gasteiger partial charge in [-0.1, -0.05) is 42.1 Å². The Morgan fingerprint density at radius 1 is 1.23 bits per heavy atom. The van der Waals surface area contributed by atoms with Gasteiger partial charge in [0.1, 0.15) is 0 Å². The van der Waals surface area contributed by atoms with Crippen LogP contribution in [0.15, 0.2) is 58.5 Å². The van der Waals surface area contributed by atoms with Crippen molar-refractivity contribution in [3.8, 4) is 0 Å². The number of carbonyl (C=O) groups excluding carboxylic acids is 1. The number of thioether (sulfide) groups is 1. The minimum atomic E-state index is -0.410. The quantitative estimate of drug-likeness (QED) is 0.487. The van der Waals surface area contributed by atoms with Crippen molar-refractivity contribution in [2.75, 3.05) is 11.5 Å². The molecule has 0 saturated heterocycles. The molecule has 156 valence electrons. The lowest BCUT2D eigenvalue weighted by atomic mass is 10.1. The first-order valence-corrected chi connectivity index (χ1v) is 11.1. The zero-order valence-electron chi connectivity index (χ0n) is 17.1. The molecule has 0 aliphatic carbocycles. The third-order valence-corrected chi connectivity index (χ3v) is 6.52. The number of amides is 1. The van der Waals surface area contributed by atoms with Gasteiger partial charge in [0.15, 0.2) is 5.16 Å². The number of hydrogen-bond acceptors (Lipinski definition) is 5. The van der Waals surface area contributed by atoms with Crippen molar-refractivity contribution in [3.05, 3.63) is 64.4 Å². The van der Waals surface area contributed by atoms with Crippen LogP contribution in [0.25, 0.3) is 10.9 Å². The molecule has 1 aliphatic rings. The van der Waals surface area contributed by atoms with Gasteiger partial charge < -0.3 is 10.0 Å². The third-order valence-electron chi connectivity index (χ3n) is 5.44. The average Bonchev–Trinajstić information content (AvgIpc) is 3.08. The van der Waals surface area contributed by atoms with E-state index in [0.29, 0.717) is 29.0 Å². The number of benzene rings is 2. The zero-order valence-corrected chi connectivity index (χ0v) is 17.9. The van der Waals surface area contributed by atoms with E-state index in [1.54, 1.807) is 10.6 Å². The number of fused-ring (bicyclic) bond motifs is 2. The van der Waals surface area contributed by atoms with Gasteiger partial charge in [0.25, 0.3) is 5.56 Å². The lowest BCUT2D eigenvalue weighted by Crippen LogP contribution is -2.40. The summed E-state index contributed by atoms with van der Waals surface area (Å²) in [5, 5.41) is 9.89. The highest BCUT2D eigenvalue weighted by Crippen LogP contribution is 2.34. The Hall–Kier alpha value is -2.64. The molecule has 1 amide bonds. The van der Waals surface area contributed by atoms with Crippen molar-refractivity contribution in [2.24, 2.45) is 0 Å². The maximum Gasteiger partial charge on any atom is 0.262 e. The molecule has 2 heterocycles. The summed E-state index contributed by atoms with van der Waals surface area (Å²) in [5.74, 6) is 0.00793. The van der Waals surface area contributed by atoms with E-state index in [1.165, 1.54) is 17.3 Å². The highest BCUT2D eigenvalue weighted by atomic mass is 32.2. The van der Waals surface area contributed by atoms with Crippen molar-refractivity contribution >= 4 is 34.3 Å². The van der Waals surface area contributed by atoms with E-state index in [9.17, 15) is 14.7 Å². The third kappa shape index (κ3) is 3.75. The monoisotopic (exact) mass is 423 g/mol. The summed E-state index contributed by atoms with van der Waals surface area (Å²) in [6.45, 7) is 4.26. The number of para-hydroxylation sites is 2. The van der Waals surface area contributed by atoms with Crippen molar-refractivity contribution in [3.63, 3.8) is 0 Å². The van der Waals surface area contributed by atoms with E-state index in [2.05, 4.69) is 18.0 Å². The second-order valence-electron chi connectivity index (χ2n) is 7.60. The lowest BCUT2D eigenvalue weighted by molar-refractivity contribution is -0.118. The fraction of sp³-hybridized carbons (Fsp3) is 0.348. The molecule has 0 spiro atoms. The van der Waals surface area contributed by atoms with Crippen LogP contribution in [0.4, 0.5) is 5.69 Å². The Balaban J connectivity index is 1.66. The molecular weight excluding hydrogens is 398 g/mol. The summed E-state index contributed by atoms with van der Waals surface area (Å²) in [4.78, 5) is 32.9. The average molecular weight is 424 g/mol. The molecule has 7 heteroatoms. The van der Waals surface area contributed by atoms with Gasteiger partial charge in [-0.3, -0.25) is 14.2 Å². The molecular formula is C23H25N3O3S. The van der Waals surface area contributed by atoms with Crippen LogP contribution in [0.2, 0.25) is 0 Å². The first-order chi connectivity index (χ1) is 14.5. The SMILES string of the molecule is C[C@H](Sc1nc2ccccc2c(=O)n1CCCO)C(=O)N1c2ccccc2C[C@H]1C. The predicted octanol–water partition coefficient (Wildman–Crippen LogP) is 3.24. The molecule has 2 aromatic carbocycles. The topological polar surface area (TPSA) is 75.4 Å². The Kier molecular flexibility index (Phi) is 5.92. The molecule has 3 aromatic rings. The molecule has 4 rings (SSSR count). The molecule has 30 heavy (non-hydrogen) atoms. The molecule has 2 atom stereocenters. The summed E-state index contributed by atoms with van der Waals surface area (Å²) in [7, 11) is 0. The standard InChI is InChI=1S/C23H25N3O3S/c1-15-14-17-8-3-6-11-20(17)26(15)21(28)16(2)30-23-24-19-10-5-4-9-18(19)22(29)25(23)12-7-13-27/h3-6,8-11,15-16,27H,7,12-14H2,1-2H3/t15-,16+/m1/s1. The first kappa shape index (κ1) is 20.6. The van der Waals surface area contributed by atoms with Crippen molar-refractivity contribution in [1.29, 1.82) is 0 Å². The second-order valence-corrected chi connectivity index (χ2v) is 8.90. The number of hydrogen-bond donors (Lipinski definition) is 1. The first-order valence-electron chi connectivity index (χ1n) is 10.2. The summed E-state index contributed by atoms with van der Waals surface area (Å²) < 4.78 is 1.58. The largest absolute Gasteiger partial charge is 0.396 e. The van der Waals surface area contributed by atoms with E-state index in [-0.39, 0.29) is 24.1 Å². The summed E-state index contributed by atoms with van der Waals surface area (Å²) in [6.07, 6.45) is 1.29. The molecule has 0 bridgehead atoms. The van der Waals surface area contributed by atoms with Crippen LogP contribution in [-0.4, -0.2) is 38.5 Å². The van der Waals surface area contributed by atoms with Crippen LogP contribution in [0.1, 0.15) is 25.8 Å². The number of aliphatic hydroxyl groups excluding tert-OH is 1. The molecule has 0 radical (unpaired) electrons. The van der Waals surface area contributed by atoms with Gasteiger partial charge in [-0.15, -0.1) is 0 Å². The highest BCUT2D eigenvalue weighted by Gasteiger charge is 2.34. The molecule has 0 saturated carbocycles. The molecule has 0 fully saturated rings. The fourth-order valence-electron chi connectivity index (χ4n) is 3.97. The maximum atomic E-state index is 13.3. The van der Waals surface area contributed by atoms with Crippen LogP contribution >= 0.6 is 11.8 Å². The van der Waals surface area contributed by atoms with Crippen LogP contribution in [0.3, 0.4) is 0 Å². The Morgan fingerprint density at radius 2 is 1.97 bits per heavy atom. The second kappa shape index (κ2) is 8.62. The van der Waals surface area contributed by atoms with Crippen LogP contribution in [0.5, 0.6) is 0 Å². The van der Waals surface area contributed by atoms with Gasteiger partial charge in [-0.05, 0) is 50.5 Å². The van der Waals surface area contributed by atoms with E-state index in [0.717, 1.165) is 12.1 Å². The van der Waals surface area contributed by atoms with Gasteiger partial charge in [0.05, 0.1) is 16.2 Å². The highest BCUT2D eigenvalue weighted by molar-refractivity contribution is 8.00. The summed E-state index contributed by atoms with van der Waals surface area (Å²) in [5.41, 5.74) is 2.62. The van der Waals surface area contributed by atoms with Gasteiger partial charge in [0, 0.05) is 24.9 Å². The van der Waals surface area contributed by atoms with Crippen molar-refractivity contribution < 1.29 is 9.90 Å². The lowest BCUT2D eigenvalue weighted by Gasteiger charge is -2.26. The van der Waals surface area contributed by atoms with Crippen LogP contribution < -0.4 is 10.5 Å². The molecule has 1 aromatic heterocycles. The van der Waals surface area contributed by atoms with Gasteiger partial charge in [-0.25, -0.2) is 4.98 Å². The van der Waals surface area contributed by atoms with E-state index in [1.807, 2.05) is 48.2 Å². The van der Waals surface area contributed by atoms with Crippen molar-refractivity contribution in [2.45, 2.75) is 49.7 Å². The van der Waals surface area contributed by atoms with Gasteiger partial charge >= 0.3 is 0 Å². The minimum Gasteiger partial charge on any atom is -0.396 e. The van der Waals surface area contributed by atoms with Gasteiger partial charge in [-0.2, -0.15) is 0 Å². The summed E-state index contributed by atoms with van der Waals surface area (Å²) in [6, 6.07) is 15.3. The minimum absolute atomic E-state index is 0.00793. The fourth-order valence-corrected chi connectivity index (χ4v) is 4.95.